The molecule has 0 aliphatic carbocycles. The van der Waals surface area contributed by atoms with Crippen LogP contribution in [0.4, 0.5) is 0 Å². The number of carbonyl (C=O) groups is 1. The summed E-state index contributed by atoms with van der Waals surface area (Å²) in [6.45, 7) is 1.44. The molecular weight excluding hydrogens is 341 g/mol. The molecule has 3 rings (SSSR count). The van der Waals surface area contributed by atoms with E-state index in [4.69, 9.17) is 34.8 Å². The molecule has 1 heterocycles. The maximum Gasteiger partial charge on any atom is 0.253 e. The van der Waals surface area contributed by atoms with Crippen molar-refractivity contribution in [2.45, 2.75) is 12.3 Å². The average Bonchev–Trinajstić information content (AvgIpc) is 3.00. The van der Waals surface area contributed by atoms with Crippen molar-refractivity contribution in [3.05, 3.63) is 68.7 Å². The highest BCUT2D eigenvalue weighted by Gasteiger charge is 2.28. The molecule has 22 heavy (non-hydrogen) atoms. The molecule has 0 spiro atoms. The topological polar surface area (TPSA) is 20.3 Å². The number of hydrogen-bond donors (Lipinski definition) is 0. The van der Waals surface area contributed by atoms with E-state index in [2.05, 4.69) is 0 Å². The van der Waals surface area contributed by atoms with Gasteiger partial charge in [-0.25, -0.2) is 0 Å². The number of likely N-dealkylation sites (tertiary alicyclic amines) is 1. The first-order chi connectivity index (χ1) is 10.5. The van der Waals surface area contributed by atoms with Crippen molar-refractivity contribution in [1.29, 1.82) is 0 Å². The normalized spacial score (nSPS) is 17.8. The van der Waals surface area contributed by atoms with Gasteiger partial charge in [-0.2, -0.15) is 0 Å². The Kier molecular flexibility index (Phi) is 4.62. The standard InChI is InChI=1S/C17H14Cl3NO/c18-14-4-1-11(2-5-14)17(22)21-8-7-13(10-21)12-3-6-15(19)16(20)9-12/h1-6,9,13H,7-8,10H2. The predicted molar refractivity (Wildman–Crippen MR) is 91.2 cm³/mol. The maximum absolute atomic E-state index is 12.5. The molecule has 2 aromatic carbocycles. The van der Waals surface area contributed by atoms with Gasteiger partial charge >= 0.3 is 0 Å². The highest BCUT2D eigenvalue weighted by molar-refractivity contribution is 6.42. The quantitative estimate of drug-likeness (QED) is 0.719. The molecule has 1 aliphatic rings. The molecule has 1 unspecified atom stereocenters. The first kappa shape index (κ1) is 15.7. The second-order valence-corrected chi connectivity index (χ2v) is 6.67. The summed E-state index contributed by atoms with van der Waals surface area (Å²) in [5.41, 5.74) is 1.79. The lowest BCUT2D eigenvalue weighted by molar-refractivity contribution is 0.0791. The van der Waals surface area contributed by atoms with Gasteiger partial charge in [-0.05, 0) is 48.4 Å². The van der Waals surface area contributed by atoms with E-state index >= 15 is 0 Å². The summed E-state index contributed by atoms with van der Waals surface area (Å²) in [6.07, 6.45) is 0.928. The molecule has 0 radical (unpaired) electrons. The molecule has 0 saturated carbocycles. The summed E-state index contributed by atoms with van der Waals surface area (Å²) in [5, 5.41) is 1.74. The molecule has 2 nitrogen and oxygen atoms in total. The molecular formula is C17H14Cl3NO. The van der Waals surface area contributed by atoms with Gasteiger partial charge in [0.25, 0.3) is 5.91 Å². The number of carbonyl (C=O) groups excluding carboxylic acids is 1. The number of halogens is 3. The Hall–Kier alpha value is -1.22. The Morgan fingerprint density at radius 1 is 1.00 bits per heavy atom. The predicted octanol–water partition coefficient (Wildman–Crippen LogP) is 5.28. The highest BCUT2D eigenvalue weighted by atomic mass is 35.5. The van der Waals surface area contributed by atoms with E-state index in [-0.39, 0.29) is 5.91 Å². The Bertz CT molecular complexity index is 700. The zero-order valence-corrected chi connectivity index (χ0v) is 14.0. The highest BCUT2D eigenvalue weighted by Crippen LogP contribution is 2.32. The third kappa shape index (κ3) is 3.24. The van der Waals surface area contributed by atoms with Crippen molar-refractivity contribution >= 4 is 40.7 Å². The third-order valence-corrected chi connectivity index (χ3v) is 4.97. The van der Waals surface area contributed by atoms with Crippen LogP contribution < -0.4 is 0 Å². The molecule has 0 bridgehead atoms. The second kappa shape index (κ2) is 6.49. The van der Waals surface area contributed by atoms with Crippen molar-refractivity contribution in [3.8, 4) is 0 Å². The van der Waals surface area contributed by atoms with Crippen molar-refractivity contribution in [2.75, 3.05) is 13.1 Å². The summed E-state index contributed by atoms with van der Waals surface area (Å²) in [7, 11) is 0. The zero-order chi connectivity index (χ0) is 15.7. The minimum Gasteiger partial charge on any atom is -0.338 e. The maximum atomic E-state index is 12.5. The summed E-state index contributed by atoms with van der Waals surface area (Å²) in [4.78, 5) is 14.4. The SMILES string of the molecule is O=C(c1ccc(Cl)cc1)N1CCC(c2ccc(Cl)c(Cl)c2)C1. The summed E-state index contributed by atoms with van der Waals surface area (Å²) >= 11 is 17.9. The average molecular weight is 355 g/mol. The minimum atomic E-state index is 0.0410. The van der Waals surface area contributed by atoms with E-state index in [9.17, 15) is 4.79 Å². The van der Waals surface area contributed by atoms with Crippen molar-refractivity contribution in [3.63, 3.8) is 0 Å². The second-order valence-electron chi connectivity index (χ2n) is 5.42. The van der Waals surface area contributed by atoms with Crippen molar-refractivity contribution in [1.82, 2.24) is 4.90 Å². The molecule has 2 aromatic rings. The lowest BCUT2D eigenvalue weighted by atomic mass is 9.99. The van der Waals surface area contributed by atoms with Gasteiger partial charge < -0.3 is 4.90 Å². The lowest BCUT2D eigenvalue weighted by Crippen LogP contribution is -2.28. The zero-order valence-electron chi connectivity index (χ0n) is 11.7. The fourth-order valence-corrected chi connectivity index (χ4v) is 3.19. The number of benzene rings is 2. The largest absolute Gasteiger partial charge is 0.338 e. The van der Waals surface area contributed by atoms with E-state index in [0.717, 1.165) is 18.5 Å². The summed E-state index contributed by atoms with van der Waals surface area (Å²) in [5.74, 6) is 0.338. The third-order valence-electron chi connectivity index (χ3n) is 3.98. The molecule has 1 aliphatic heterocycles. The van der Waals surface area contributed by atoms with E-state index in [1.807, 2.05) is 23.1 Å². The van der Waals surface area contributed by atoms with Crippen LogP contribution in [0.25, 0.3) is 0 Å². The van der Waals surface area contributed by atoms with Gasteiger partial charge in [-0.3, -0.25) is 4.79 Å². The van der Waals surface area contributed by atoms with Crippen LogP contribution in [0.5, 0.6) is 0 Å². The van der Waals surface area contributed by atoms with Crippen LogP contribution in [-0.4, -0.2) is 23.9 Å². The van der Waals surface area contributed by atoms with Gasteiger partial charge in [0.1, 0.15) is 0 Å². The van der Waals surface area contributed by atoms with E-state index in [0.29, 0.717) is 33.1 Å². The van der Waals surface area contributed by atoms with Crippen LogP contribution in [0.15, 0.2) is 42.5 Å². The first-order valence-corrected chi connectivity index (χ1v) is 8.18. The van der Waals surface area contributed by atoms with Crippen LogP contribution in [-0.2, 0) is 0 Å². The van der Waals surface area contributed by atoms with Gasteiger partial charge in [0.05, 0.1) is 10.0 Å². The molecule has 0 aromatic heterocycles. The van der Waals surface area contributed by atoms with Gasteiger partial charge in [0.2, 0.25) is 0 Å². The number of rotatable bonds is 2. The minimum absolute atomic E-state index is 0.0410. The molecule has 1 fully saturated rings. The molecule has 5 heteroatoms. The first-order valence-electron chi connectivity index (χ1n) is 7.04. The molecule has 1 saturated heterocycles. The van der Waals surface area contributed by atoms with Crippen LogP contribution in [0.1, 0.15) is 28.3 Å². The van der Waals surface area contributed by atoms with Crippen molar-refractivity contribution in [2.24, 2.45) is 0 Å². The molecule has 1 amide bonds. The molecule has 1 atom stereocenters. The van der Waals surface area contributed by atoms with E-state index < -0.39 is 0 Å². The van der Waals surface area contributed by atoms with Gasteiger partial charge in [-0.1, -0.05) is 40.9 Å². The Balaban J connectivity index is 1.72. The van der Waals surface area contributed by atoms with Gasteiger partial charge in [0.15, 0.2) is 0 Å². The number of amides is 1. The fourth-order valence-electron chi connectivity index (χ4n) is 2.76. The summed E-state index contributed by atoms with van der Waals surface area (Å²) in [6, 6.07) is 12.7. The number of hydrogen-bond acceptors (Lipinski definition) is 1. The molecule has 114 valence electrons. The number of nitrogens with zero attached hydrogens (tertiary/aromatic N) is 1. The van der Waals surface area contributed by atoms with Crippen LogP contribution >= 0.6 is 34.8 Å². The fraction of sp³-hybridized carbons (Fsp3) is 0.235. The van der Waals surface area contributed by atoms with E-state index in [1.54, 1.807) is 24.3 Å². The smallest absolute Gasteiger partial charge is 0.253 e. The lowest BCUT2D eigenvalue weighted by Gasteiger charge is -2.17. The Morgan fingerprint density at radius 3 is 2.41 bits per heavy atom. The summed E-state index contributed by atoms with van der Waals surface area (Å²) < 4.78 is 0. The Labute approximate surface area is 144 Å². The van der Waals surface area contributed by atoms with Crippen LogP contribution in [0, 0.1) is 0 Å². The van der Waals surface area contributed by atoms with Crippen LogP contribution in [0.3, 0.4) is 0 Å². The monoisotopic (exact) mass is 353 g/mol. The van der Waals surface area contributed by atoms with Gasteiger partial charge in [-0.15, -0.1) is 0 Å². The van der Waals surface area contributed by atoms with E-state index in [1.165, 1.54) is 0 Å². The molecule has 0 N–H and O–H groups in total. The Morgan fingerprint density at radius 2 is 1.73 bits per heavy atom. The van der Waals surface area contributed by atoms with Gasteiger partial charge in [0, 0.05) is 29.6 Å². The van der Waals surface area contributed by atoms with Crippen LogP contribution in [0.2, 0.25) is 15.1 Å². The van der Waals surface area contributed by atoms with Crippen molar-refractivity contribution < 1.29 is 4.79 Å².